The molecular formula is C20H25N3O5S. The second-order valence-electron chi connectivity index (χ2n) is 6.83. The van der Waals surface area contributed by atoms with Crippen molar-refractivity contribution >= 4 is 23.6 Å². The molecule has 1 unspecified atom stereocenters. The van der Waals surface area contributed by atoms with Crippen LogP contribution in [0.15, 0.2) is 16.7 Å². The summed E-state index contributed by atoms with van der Waals surface area (Å²) in [5, 5.41) is 3.87. The standard InChI is InChI=1S/C20H25N3O5S/c1-12-7-8-16(26-3)14(18(12)20(25)27-4)10-29-11-15(19-21-13(2)22-28-19)23-9-5-6-17(23)24/h7-8,15H,5-6,9-11H2,1-4H3. The number of esters is 1. The third kappa shape index (κ3) is 4.55. The number of amides is 1. The third-order valence-electron chi connectivity index (χ3n) is 4.92. The zero-order chi connectivity index (χ0) is 21.0. The van der Waals surface area contributed by atoms with Crippen LogP contribution in [0.5, 0.6) is 5.75 Å². The van der Waals surface area contributed by atoms with Gasteiger partial charge in [-0.3, -0.25) is 4.79 Å². The van der Waals surface area contributed by atoms with Crippen molar-refractivity contribution in [1.82, 2.24) is 15.0 Å². The normalized spacial score (nSPS) is 14.9. The number of hydrogen-bond donors (Lipinski definition) is 0. The Morgan fingerprint density at radius 2 is 2.14 bits per heavy atom. The van der Waals surface area contributed by atoms with Crippen molar-refractivity contribution in [3.63, 3.8) is 0 Å². The minimum atomic E-state index is -0.393. The number of aryl methyl sites for hydroxylation is 2. The van der Waals surface area contributed by atoms with E-state index in [9.17, 15) is 9.59 Å². The van der Waals surface area contributed by atoms with Crippen molar-refractivity contribution in [2.75, 3.05) is 26.5 Å². The molecule has 0 aliphatic carbocycles. The summed E-state index contributed by atoms with van der Waals surface area (Å²) in [7, 11) is 2.94. The molecule has 0 bridgehead atoms. The third-order valence-corrected chi connectivity index (χ3v) is 5.97. The Kier molecular flexibility index (Phi) is 6.79. The molecule has 8 nitrogen and oxygen atoms in total. The van der Waals surface area contributed by atoms with E-state index in [0.29, 0.717) is 47.5 Å². The quantitative estimate of drug-likeness (QED) is 0.603. The summed E-state index contributed by atoms with van der Waals surface area (Å²) in [5.41, 5.74) is 2.12. The molecule has 1 saturated heterocycles. The van der Waals surface area contributed by atoms with Gasteiger partial charge in [0.1, 0.15) is 11.8 Å². The number of carbonyl (C=O) groups is 2. The highest BCUT2D eigenvalue weighted by Gasteiger charge is 2.33. The Labute approximate surface area is 173 Å². The molecule has 1 atom stereocenters. The lowest BCUT2D eigenvalue weighted by Crippen LogP contribution is -2.31. The average molecular weight is 420 g/mol. The van der Waals surface area contributed by atoms with Gasteiger partial charge in [-0.2, -0.15) is 16.7 Å². The van der Waals surface area contributed by atoms with E-state index < -0.39 is 5.97 Å². The molecule has 2 aromatic rings. The predicted molar refractivity (Wildman–Crippen MR) is 108 cm³/mol. The number of nitrogens with zero attached hydrogens (tertiary/aromatic N) is 3. The van der Waals surface area contributed by atoms with Crippen LogP contribution in [0.2, 0.25) is 0 Å². The number of rotatable bonds is 8. The molecule has 0 N–H and O–H groups in total. The van der Waals surface area contributed by atoms with Crippen LogP contribution in [0.1, 0.15) is 52.1 Å². The van der Waals surface area contributed by atoms with Crippen molar-refractivity contribution in [3.8, 4) is 5.75 Å². The van der Waals surface area contributed by atoms with E-state index in [0.717, 1.165) is 17.5 Å². The van der Waals surface area contributed by atoms with E-state index in [4.69, 9.17) is 14.0 Å². The van der Waals surface area contributed by atoms with E-state index in [1.54, 1.807) is 30.7 Å². The molecule has 1 aliphatic heterocycles. The molecule has 0 spiro atoms. The van der Waals surface area contributed by atoms with Crippen LogP contribution in [0.4, 0.5) is 0 Å². The topological polar surface area (TPSA) is 94.8 Å². The van der Waals surface area contributed by atoms with E-state index in [2.05, 4.69) is 10.1 Å². The molecule has 1 aliphatic rings. The van der Waals surface area contributed by atoms with Gasteiger partial charge in [-0.1, -0.05) is 11.2 Å². The molecule has 2 heterocycles. The molecule has 29 heavy (non-hydrogen) atoms. The minimum absolute atomic E-state index is 0.0924. The largest absolute Gasteiger partial charge is 0.496 e. The summed E-state index contributed by atoms with van der Waals surface area (Å²) in [6.07, 6.45) is 1.36. The van der Waals surface area contributed by atoms with Gasteiger partial charge in [0, 0.05) is 30.0 Å². The van der Waals surface area contributed by atoms with Gasteiger partial charge >= 0.3 is 5.97 Å². The monoisotopic (exact) mass is 419 g/mol. The number of likely N-dealkylation sites (tertiary alicyclic amines) is 1. The molecule has 9 heteroatoms. The number of methoxy groups -OCH3 is 2. The molecule has 3 rings (SSSR count). The van der Waals surface area contributed by atoms with Gasteiger partial charge in [-0.15, -0.1) is 0 Å². The zero-order valence-electron chi connectivity index (χ0n) is 17.1. The lowest BCUT2D eigenvalue weighted by Gasteiger charge is -2.24. The summed E-state index contributed by atoms with van der Waals surface area (Å²) in [5.74, 6) is 2.38. The van der Waals surface area contributed by atoms with Crippen LogP contribution >= 0.6 is 11.8 Å². The number of carbonyl (C=O) groups excluding carboxylic acids is 2. The molecule has 1 aromatic heterocycles. The average Bonchev–Trinajstić information content (AvgIpc) is 3.33. The zero-order valence-corrected chi connectivity index (χ0v) is 17.9. The first-order valence-corrected chi connectivity index (χ1v) is 10.5. The number of hydrogen-bond acceptors (Lipinski definition) is 8. The highest BCUT2D eigenvalue weighted by molar-refractivity contribution is 7.98. The Bertz CT molecular complexity index is 898. The van der Waals surface area contributed by atoms with Crippen molar-refractivity contribution in [1.29, 1.82) is 0 Å². The molecule has 1 fully saturated rings. The van der Waals surface area contributed by atoms with Gasteiger partial charge in [0.25, 0.3) is 0 Å². The van der Waals surface area contributed by atoms with Gasteiger partial charge < -0.3 is 18.9 Å². The number of benzene rings is 1. The maximum Gasteiger partial charge on any atom is 0.338 e. The fourth-order valence-electron chi connectivity index (χ4n) is 3.48. The number of ether oxygens (including phenoxy) is 2. The summed E-state index contributed by atoms with van der Waals surface area (Å²) in [6, 6.07) is 3.39. The smallest absolute Gasteiger partial charge is 0.338 e. The fraction of sp³-hybridized carbons (Fsp3) is 0.500. The van der Waals surface area contributed by atoms with E-state index in [-0.39, 0.29) is 11.9 Å². The van der Waals surface area contributed by atoms with Crippen molar-refractivity contribution < 1.29 is 23.6 Å². The first-order valence-electron chi connectivity index (χ1n) is 9.38. The molecule has 1 amide bonds. The van der Waals surface area contributed by atoms with Gasteiger partial charge in [0.2, 0.25) is 11.8 Å². The summed E-state index contributed by atoms with van der Waals surface area (Å²) < 4.78 is 15.8. The van der Waals surface area contributed by atoms with E-state index in [1.165, 1.54) is 7.11 Å². The van der Waals surface area contributed by atoms with E-state index in [1.807, 2.05) is 19.1 Å². The van der Waals surface area contributed by atoms with Crippen LogP contribution in [0.3, 0.4) is 0 Å². The van der Waals surface area contributed by atoms with E-state index >= 15 is 0 Å². The number of aromatic nitrogens is 2. The second kappa shape index (κ2) is 9.30. The van der Waals surface area contributed by atoms with Crippen LogP contribution in [0.25, 0.3) is 0 Å². The lowest BCUT2D eigenvalue weighted by molar-refractivity contribution is -0.129. The van der Waals surface area contributed by atoms with Gasteiger partial charge in [-0.25, -0.2) is 4.79 Å². The maximum atomic E-state index is 12.3. The highest BCUT2D eigenvalue weighted by atomic mass is 32.2. The SMILES string of the molecule is COC(=O)c1c(C)ccc(OC)c1CSCC(c1nc(C)no1)N1CCCC1=O. The second-order valence-corrected chi connectivity index (χ2v) is 7.86. The Balaban J connectivity index is 1.82. The molecule has 1 aromatic carbocycles. The maximum absolute atomic E-state index is 12.3. The van der Waals surface area contributed by atoms with Gasteiger partial charge in [0.15, 0.2) is 5.82 Å². The van der Waals surface area contributed by atoms with Crippen LogP contribution in [-0.2, 0) is 15.3 Å². The fourth-order valence-corrected chi connectivity index (χ4v) is 4.64. The van der Waals surface area contributed by atoms with Crippen molar-refractivity contribution in [2.45, 2.75) is 38.5 Å². The Morgan fingerprint density at radius 1 is 1.34 bits per heavy atom. The van der Waals surface area contributed by atoms with Crippen molar-refractivity contribution in [2.24, 2.45) is 0 Å². The molecule has 0 saturated carbocycles. The first kappa shape index (κ1) is 21.2. The Morgan fingerprint density at radius 3 is 2.72 bits per heavy atom. The predicted octanol–water partition coefficient (Wildman–Crippen LogP) is 3.08. The highest BCUT2D eigenvalue weighted by Crippen LogP contribution is 2.33. The summed E-state index contributed by atoms with van der Waals surface area (Å²) in [6.45, 7) is 4.29. The van der Waals surface area contributed by atoms with Crippen LogP contribution in [-0.4, -0.2) is 53.4 Å². The first-order chi connectivity index (χ1) is 14.0. The van der Waals surface area contributed by atoms with Gasteiger partial charge in [0.05, 0.1) is 19.8 Å². The molecule has 0 radical (unpaired) electrons. The minimum Gasteiger partial charge on any atom is -0.496 e. The molecular weight excluding hydrogens is 394 g/mol. The lowest BCUT2D eigenvalue weighted by atomic mass is 10.0. The van der Waals surface area contributed by atoms with Crippen LogP contribution < -0.4 is 4.74 Å². The number of thioether (sulfide) groups is 1. The van der Waals surface area contributed by atoms with Crippen LogP contribution in [0, 0.1) is 13.8 Å². The van der Waals surface area contributed by atoms with Gasteiger partial charge in [-0.05, 0) is 31.9 Å². The Hall–Kier alpha value is -2.55. The summed E-state index contributed by atoms with van der Waals surface area (Å²) >= 11 is 1.58. The molecule has 156 valence electrons. The van der Waals surface area contributed by atoms with Crippen molar-refractivity contribution in [3.05, 3.63) is 40.5 Å². The summed E-state index contributed by atoms with van der Waals surface area (Å²) in [4.78, 5) is 30.8.